The molecular formula is C16H17ClFN3O2. The molecule has 1 aliphatic rings. The van der Waals surface area contributed by atoms with Crippen LogP contribution in [-0.2, 0) is 0 Å². The number of nitrogens with one attached hydrogen (secondary N) is 1. The molecule has 122 valence electrons. The number of aryl methyl sites for hydroxylation is 2. The summed E-state index contributed by atoms with van der Waals surface area (Å²) in [6.45, 7) is 4.37. The topological polar surface area (TPSA) is 58.4 Å². The third-order valence-corrected chi connectivity index (χ3v) is 4.40. The third-order valence-electron chi connectivity index (χ3n) is 4.11. The zero-order chi connectivity index (χ0) is 16.6. The molecule has 2 aromatic rings. The van der Waals surface area contributed by atoms with Gasteiger partial charge in [0.25, 0.3) is 0 Å². The number of amides is 2. The van der Waals surface area contributed by atoms with Gasteiger partial charge in [-0.1, -0.05) is 16.8 Å². The van der Waals surface area contributed by atoms with E-state index in [2.05, 4.69) is 10.5 Å². The molecule has 3 rings (SSSR count). The maximum atomic E-state index is 13.2. The lowest BCUT2D eigenvalue weighted by molar-refractivity contribution is 0.206. The number of carbonyl (C=O) groups is 1. The van der Waals surface area contributed by atoms with Gasteiger partial charge in [0.2, 0.25) is 0 Å². The Morgan fingerprint density at radius 1 is 1.48 bits per heavy atom. The summed E-state index contributed by atoms with van der Waals surface area (Å²) in [6.07, 6.45) is 1.77. The summed E-state index contributed by atoms with van der Waals surface area (Å²) in [5.74, 6) is 0.219. The highest BCUT2D eigenvalue weighted by Crippen LogP contribution is 2.36. The number of carbonyl (C=O) groups excluding carboxylic acids is 1. The van der Waals surface area contributed by atoms with E-state index in [9.17, 15) is 9.18 Å². The Labute approximate surface area is 138 Å². The first-order chi connectivity index (χ1) is 11.0. The second-order valence-electron chi connectivity index (χ2n) is 5.65. The average Bonchev–Trinajstić information content (AvgIpc) is 3.09. The van der Waals surface area contributed by atoms with Gasteiger partial charge >= 0.3 is 6.03 Å². The van der Waals surface area contributed by atoms with Crippen LogP contribution in [0.4, 0.5) is 14.9 Å². The molecule has 1 aromatic heterocycles. The highest BCUT2D eigenvalue weighted by molar-refractivity contribution is 6.31. The van der Waals surface area contributed by atoms with Gasteiger partial charge in [-0.05, 0) is 44.9 Å². The predicted molar refractivity (Wildman–Crippen MR) is 85.1 cm³/mol. The minimum atomic E-state index is -0.514. The average molecular weight is 338 g/mol. The molecule has 0 aliphatic carbocycles. The Morgan fingerprint density at radius 2 is 2.26 bits per heavy atom. The summed E-state index contributed by atoms with van der Waals surface area (Å²) < 4.78 is 18.4. The van der Waals surface area contributed by atoms with E-state index in [4.69, 9.17) is 16.1 Å². The molecule has 0 radical (unpaired) electrons. The van der Waals surface area contributed by atoms with E-state index < -0.39 is 5.82 Å². The Bertz CT molecular complexity index is 727. The molecule has 2 heterocycles. The van der Waals surface area contributed by atoms with Gasteiger partial charge < -0.3 is 14.7 Å². The van der Waals surface area contributed by atoms with Gasteiger partial charge in [0.05, 0.1) is 16.8 Å². The van der Waals surface area contributed by atoms with E-state index in [-0.39, 0.29) is 17.1 Å². The van der Waals surface area contributed by atoms with E-state index in [0.29, 0.717) is 12.2 Å². The number of hydrogen-bond acceptors (Lipinski definition) is 3. The van der Waals surface area contributed by atoms with Crippen molar-refractivity contribution < 1.29 is 13.7 Å². The van der Waals surface area contributed by atoms with Crippen molar-refractivity contribution in [1.82, 2.24) is 10.1 Å². The van der Waals surface area contributed by atoms with E-state index in [1.54, 1.807) is 4.90 Å². The Morgan fingerprint density at radius 3 is 2.91 bits per heavy atom. The molecule has 5 nitrogen and oxygen atoms in total. The largest absolute Gasteiger partial charge is 0.361 e. The minimum absolute atomic E-state index is 0.0218. The number of aromatic nitrogens is 1. The van der Waals surface area contributed by atoms with Gasteiger partial charge in [0, 0.05) is 17.8 Å². The predicted octanol–water partition coefficient (Wildman–Crippen LogP) is 4.45. The fraction of sp³-hybridized carbons (Fsp3) is 0.375. The Balaban J connectivity index is 1.79. The fourth-order valence-corrected chi connectivity index (χ4v) is 3.23. The normalized spacial score (nSPS) is 17.6. The number of halogens is 2. The number of urea groups is 1. The van der Waals surface area contributed by atoms with Gasteiger partial charge in [0.1, 0.15) is 11.6 Å². The molecule has 7 heteroatoms. The smallest absolute Gasteiger partial charge is 0.322 e. The molecule has 0 spiro atoms. The van der Waals surface area contributed by atoms with Gasteiger partial charge in [-0.3, -0.25) is 0 Å². The summed E-state index contributed by atoms with van der Waals surface area (Å²) in [7, 11) is 0. The van der Waals surface area contributed by atoms with Crippen molar-refractivity contribution in [3.05, 3.63) is 46.1 Å². The number of anilines is 1. The van der Waals surface area contributed by atoms with Crippen molar-refractivity contribution in [2.45, 2.75) is 32.7 Å². The number of benzene rings is 1. The molecule has 0 bridgehead atoms. The van der Waals surface area contributed by atoms with Gasteiger partial charge in [-0.2, -0.15) is 0 Å². The second kappa shape index (κ2) is 6.20. The molecule has 2 amide bonds. The first-order valence-corrected chi connectivity index (χ1v) is 7.80. The molecule has 0 saturated carbocycles. The molecule has 1 fully saturated rings. The molecule has 0 unspecified atom stereocenters. The minimum Gasteiger partial charge on any atom is -0.361 e. The lowest BCUT2D eigenvalue weighted by atomic mass is 10.0. The molecule has 1 atom stereocenters. The Hall–Kier alpha value is -2.08. The lowest BCUT2D eigenvalue weighted by Crippen LogP contribution is -2.34. The third kappa shape index (κ3) is 3.03. The zero-order valence-electron chi connectivity index (χ0n) is 12.9. The first-order valence-electron chi connectivity index (χ1n) is 7.43. The Kier molecular flexibility index (Phi) is 4.26. The number of hydrogen-bond donors (Lipinski definition) is 1. The van der Waals surface area contributed by atoms with Crippen molar-refractivity contribution in [2.75, 3.05) is 11.9 Å². The van der Waals surface area contributed by atoms with Crippen LogP contribution in [0, 0.1) is 19.7 Å². The summed E-state index contributed by atoms with van der Waals surface area (Å²) in [5, 5.41) is 6.71. The molecule has 1 saturated heterocycles. The van der Waals surface area contributed by atoms with Crippen molar-refractivity contribution in [3.63, 3.8) is 0 Å². The van der Waals surface area contributed by atoms with Crippen LogP contribution in [0.2, 0.25) is 5.02 Å². The van der Waals surface area contributed by atoms with E-state index in [1.165, 1.54) is 18.2 Å². The van der Waals surface area contributed by atoms with Crippen molar-refractivity contribution in [3.8, 4) is 0 Å². The maximum Gasteiger partial charge on any atom is 0.322 e. The molecule has 1 aliphatic heterocycles. The number of rotatable bonds is 2. The summed E-state index contributed by atoms with van der Waals surface area (Å²) >= 11 is 5.75. The SMILES string of the molecule is Cc1noc(C)c1[C@@H]1CCCN1C(=O)Nc1ccc(F)c(Cl)c1. The molecule has 23 heavy (non-hydrogen) atoms. The molecular weight excluding hydrogens is 321 g/mol. The first kappa shape index (κ1) is 15.8. The van der Waals surface area contributed by atoms with Crippen LogP contribution >= 0.6 is 11.6 Å². The highest BCUT2D eigenvalue weighted by Gasteiger charge is 2.33. The van der Waals surface area contributed by atoms with Crippen molar-refractivity contribution >= 4 is 23.3 Å². The fourth-order valence-electron chi connectivity index (χ4n) is 3.04. The van der Waals surface area contributed by atoms with Crippen LogP contribution in [0.25, 0.3) is 0 Å². The standard InChI is InChI=1S/C16H17ClFN3O2/c1-9-15(10(2)23-20-9)14-4-3-7-21(14)16(22)19-11-5-6-13(18)12(17)8-11/h5-6,8,14H,3-4,7H2,1-2H3,(H,19,22)/t14-/m0/s1. The summed E-state index contributed by atoms with van der Waals surface area (Å²) in [4.78, 5) is 14.3. The number of likely N-dealkylation sites (tertiary alicyclic amines) is 1. The van der Waals surface area contributed by atoms with Crippen LogP contribution < -0.4 is 5.32 Å². The monoisotopic (exact) mass is 337 g/mol. The second-order valence-corrected chi connectivity index (χ2v) is 6.06. The van der Waals surface area contributed by atoms with E-state index >= 15 is 0 Å². The van der Waals surface area contributed by atoms with Crippen molar-refractivity contribution in [2.24, 2.45) is 0 Å². The van der Waals surface area contributed by atoms with E-state index in [1.807, 2.05) is 13.8 Å². The summed E-state index contributed by atoms with van der Waals surface area (Å²) in [5.41, 5.74) is 2.23. The van der Waals surface area contributed by atoms with Gasteiger partial charge in [-0.25, -0.2) is 9.18 Å². The van der Waals surface area contributed by atoms with Crippen LogP contribution in [0.1, 0.15) is 35.9 Å². The van der Waals surface area contributed by atoms with Crippen LogP contribution in [0.3, 0.4) is 0 Å². The molecule has 1 aromatic carbocycles. The quantitative estimate of drug-likeness (QED) is 0.880. The number of nitrogens with zero attached hydrogens (tertiary/aromatic N) is 2. The van der Waals surface area contributed by atoms with Crippen LogP contribution in [-0.4, -0.2) is 22.6 Å². The highest BCUT2D eigenvalue weighted by atomic mass is 35.5. The van der Waals surface area contributed by atoms with Crippen LogP contribution in [0.15, 0.2) is 22.7 Å². The molecule has 1 N–H and O–H groups in total. The van der Waals surface area contributed by atoms with Gasteiger partial charge in [-0.15, -0.1) is 0 Å². The summed E-state index contributed by atoms with van der Waals surface area (Å²) in [6, 6.07) is 3.82. The maximum absolute atomic E-state index is 13.2. The van der Waals surface area contributed by atoms with Crippen molar-refractivity contribution in [1.29, 1.82) is 0 Å². The zero-order valence-corrected chi connectivity index (χ0v) is 13.7. The van der Waals surface area contributed by atoms with Gasteiger partial charge in [0.15, 0.2) is 0 Å². The van der Waals surface area contributed by atoms with Crippen LogP contribution in [0.5, 0.6) is 0 Å². The lowest BCUT2D eigenvalue weighted by Gasteiger charge is -2.25. The van der Waals surface area contributed by atoms with E-state index in [0.717, 1.165) is 29.9 Å².